The van der Waals surface area contributed by atoms with Crippen molar-refractivity contribution in [3.63, 3.8) is 0 Å². The average Bonchev–Trinajstić information content (AvgIpc) is 2.69. The molecule has 21 heavy (non-hydrogen) atoms. The summed E-state index contributed by atoms with van der Waals surface area (Å²) in [4.78, 5) is 8.80. The second-order valence-electron chi connectivity index (χ2n) is 6.28. The van der Waals surface area contributed by atoms with Crippen molar-refractivity contribution in [1.82, 2.24) is 9.97 Å². The van der Waals surface area contributed by atoms with Crippen LogP contribution in [0, 0.1) is 0 Å². The fraction of sp³-hybridized carbons (Fsp3) is 0.375. The number of pyridine rings is 2. The molecule has 1 aliphatic rings. The summed E-state index contributed by atoms with van der Waals surface area (Å²) in [6, 6.07) is 9.76. The van der Waals surface area contributed by atoms with Crippen LogP contribution in [0.15, 0.2) is 42.7 Å². The van der Waals surface area contributed by atoms with E-state index in [-0.39, 0.29) is 11.2 Å². The minimum absolute atomic E-state index is 0.357. The lowest BCUT2D eigenvalue weighted by Gasteiger charge is -2.32. The summed E-state index contributed by atoms with van der Waals surface area (Å²) in [6.07, 6.45) is 3.55. The summed E-state index contributed by atoms with van der Waals surface area (Å²) in [5, 5.41) is 0. The molecule has 0 atom stereocenters. The molecule has 0 aromatic carbocycles. The fourth-order valence-electron chi connectivity index (χ4n) is 2.22. The molecule has 108 valence electrons. The third-order valence-electron chi connectivity index (χ3n) is 4.22. The van der Waals surface area contributed by atoms with Crippen LogP contribution in [0.2, 0.25) is 0 Å². The lowest BCUT2D eigenvalue weighted by Crippen LogP contribution is -2.41. The minimum atomic E-state index is -0.438. The van der Waals surface area contributed by atoms with Gasteiger partial charge >= 0.3 is 7.12 Å². The number of hydrogen-bond donors (Lipinski definition) is 0. The van der Waals surface area contributed by atoms with Gasteiger partial charge in [0.15, 0.2) is 0 Å². The molecule has 1 fully saturated rings. The Labute approximate surface area is 125 Å². The Balaban J connectivity index is 1.92. The van der Waals surface area contributed by atoms with Gasteiger partial charge in [0.1, 0.15) is 0 Å². The summed E-state index contributed by atoms with van der Waals surface area (Å²) < 4.78 is 12.1. The third kappa shape index (κ3) is 2.59. The molecular formula is C16H19BN2O2. The SMILES string of the molecule is CC1(C)OB(c2cccc(-c3cccnc3)n2)OC1(C)C. The van der Waals surface area contributed by atoms with E-state index in [4.69, 9.17) is 9.31 Å². The van der Waals surface area contributed by atoms with Gasteiger partial charge in [-0.2, -0.15) is 0 Å². The number of aromatic nitrogens is 2. The van der Waals surface area contributed by atoms with Gasteiger partial charge in [0.05, 0.1) is 22.5 Å². The van der Waals surface area contributed by atoms with E-state index >= 15 is 0 Å². The van der Waals surface area contributed by atoms with Crippen LogP contribution in [0.5, 0.6) is 0 Å². The Morgan fingerprint density at radius 2 is 1.67 bits per heavy atom. The zero-order chi connectivity index (χ0) is 15.1. The Hall–Kier alpha value is -1.72. The van der Waals surface area contributed by atoms with Crippen LogP contribution >= 0.6 is 0 Å². The summed E-state index contributed by atoms with van der Waals surface area (Å²) in [5.41, 5.74) is 1.93. The van der Waals surface area contributed by atoms with Gasteiger partial charge in [-0.1, -0.05) is 6.07 Å². The van der Waals surface area contributed by atoms with Crippen LogP contribution in [-0.2, 0) is 9.31 Å². The first kappa shape index (κ1) is 14.2. The van der Waals surface area contributed by atoms with Crippen molar-refractivity contribution < 1.29 is 9.31 Å². The molecule has 0 N–H and O–H groups in total. The monoisotopic (exact) mass is 282 g/mol. The Morgan fingerprint density at radius 3 is 2.29 bits per heavy atom. The van der Waals surface area contributed by atoms with Crippen LogP contribution in [0.4, 0.5) is 0 Å². The van der Waals surface area contributed by atoms with Gasteiger partial charge in [-0.25, -0.2) is 0 Å². The van der Waals surface area contributed by atoms with Gasteiger partial charge in [-0.15, -0.1) is 0 Å². The molecule has 0 saturated carbocycles. The van der Waals surface area contributed by atoms with E-state index in [1.807, 2.05) is 58.0 Å². The lowest BCUT2D eigenvalue weighted by atomic mass is 9.84. The molecule has 0 aliphatic carbocycles. The summed E-state index contributed by atoms with van der Waals surface area (Å²) in [6.45, 7) is 8.16. The highest BCUT2D eigenvalue weighted by molar-refractivity contribution is 6.61. The van der Waals surface area contributed by atoms with E-state index in [2.05, 4.69) is 9.97 Å². The summed E-state index contributed by atoms with van der Waals surface area (Å²) in [5.74, 6) is 0. The average molecular weight is 282 g/mol. The Bertz CT molecular complexity index is 628. The second kappa shape index (κ2) is 4.93. The zero-order valence-corrected chi connectivity index (χ0v) is 12.8. The van der Waals surface area contributed by atoms with Crippen LogP contribution in [0.1, 0.15) is 27.7 Å². The molecule has 0 amide bonds. The second-order valence-corrected chi connectivity index (χ2v) is 6.28. The molecule has 2 aromatic heterocycles. The molecule has 0 radical (unpaired) electrons. The van der Waals surface area contributed by atoms with Crippen molar-refractivity contribution in [2.45, 2.75) is 38.9 Å². The quantitative estimate of drug-likeness (QED) is 0.794. The number of nitrogens with zero attached hydrogens (tertiary/aromatic N) is 2. The van der Waals surface area contributed by atoms with E-state index in [0.717, 1.165) is 16.9 Å². The fourth-order valence-corrected chi connectivity index (χ4v) is 2.22. The van der Waals surface area contributed by atoms with E-state index in [1.54, 1.807) is 12.4 Å². The summed E-state index contributed by atoms with van der Waals surface area (Å²) >= 11 is 0. The maximum Gasteiger partial charge on any atom is 0.514 e. The van der Waals surface area contributed by atoms with Crippen molar-refractivity contribution >= 4 is 12.7 Å². The Kier molecular flexibility index (Phi) is 3.34. The Morgan fingerprint density at radius 1 is 0.952 bits per heavy atom. The van der Waals surface area contributed by atoms with Crippen LogP contribution in [-0.4, -0.2) is 28.3 Å². The molecular weight excluding hydrogens is 263 g/mol. The van der Waals surface area contributed by atoms with Crippen LogP contribution in [0.3, 0.4) is 0 Å². The molecule has 1 saturated heterocycles. The standard InChI is InChI=1S/C16H19BN2O2/c1-15(2)16(3,4)21-17(20-15)14-9-5-8-13(19-14)12-7-6-10-18-11-12/h5-11H,1-4H3. The molecule has 2 aromatic rings. The predicted octanol–water partition coefficient (Wildman–Crippen LogP) is 2.44. The highest BCUT2D eigenvalue weighted by Crippen LogP contribution is 2.36. The highest BCUT2D eigenvalue weighted by atomic mass is 16.7. The van der Waals surface area contributed by atoms with Gasteiger partial charge in [0.25, 0.3) is 0 Å². The first-order chi connectivity index (χ1) is 9.89. The first-order valence-electron chi connectivity index (χ1n) is 7.12. The molecule has 0 unspecified atom stereocenters. The maximum atomic E-state index is 6.04. The van der Waals surface area contributed by atoms with Gasteiger partial charge in [0, 0.05) is 18.0 Å². The smallest absolute Gasteiger partial charge is 0.398 e. The van der Waals surface area contributed by atoms with Crippen molar-refractivity contribution in [3.8, 4) is 11.3 Å². The van der Waals surface area contributed by atoms with Crippen molar-refractivity contribution in [2.75, 3.05) is 0 Å². The van der Waals surface area contributed by atoms with Gasteiger partial charge in [-0.05, 0) is 52.0 Å². The molecule has 1 aliphatic heterocycles. The first-order valence-corrected chi connectivity index (χ1v) is 7.12. The van der Waals surface area contributed by atoms with E-state index in [9.17, 15) is 0 Å². The van der Waals surface area contributed by atoms with Gasteiger partial charge in [-0.3, -0.25) is 9.97 Å². The van der Waals surface area contributed by atoms with Crippen LogP contribution in [0.25, 0.3) is 11.3 Å². The van der Waals surface area contributed by atoms with E-state index in [1.165, 1.54) is 0 Å². The molecule has 5 heteroatoms. The normalized spacial score (nSPS) is 19.7. The molecule has 0 bridgehead atoms. The zero-order valence-electron chi connectivity index (χ0n) is 12.8. The lowest BCUT2D eigenvalue weighted by molar-refractivity contribution is 0.00578. The predicted molar refractivity (Wildman–Crippen MR) is 83.2 cm³/mol. The van der Waals surface area contributed by atoms with E-state index in [0.29, 0.717) is 0 Å². The van der Waals surface area contributed by atoms with Gasteiger partial charge in [0.2, 0.25) is 0 Å². The number of hydrogen-bond acceptors (Lipinski definition) is 4. The van der Waals surface area contributed by atoms with E-state index < -0.39 is 7.12 Å². The molecule has 4 nitrogen and oxygen atoms in total. The molecule has 3 heterocycles. The molecule has 0 spiro atoms. The maximum absolute atomic E-state index is 6.04. The molecule has 3 rings (SSSR count). The summed E-state index contributed by atoms with van der Waals surface area (Å²) in [7, 11) is -0.438. The van der Waals surface area contributed by atoms with Crippen LogP contribution < -0.4 is 5.59 Å². The van der Waals surface area contributed by atoms with Crippen molar-refractivity contribution in [2.24, 2.45) is 0 Å². The minimum Gasteiger partial charge on any atom is -0.398 e. The third-order valence-corrected chi connectivity index (χ3v) is 4.22. The number of rotatable bonds is 2. The topological polar surface area (TPSA) is 44.2 Å². The van der Waals surface area contributed by atoms with Crippen molar-refractivity contribution in [3.05, 3.63) is 42.7 Å². The van der Waals surface area contributed by atoms with Gasteiger partial charge < -0.3 is 9.31 Å². The largest absolute Gasteiger partial charge is 0.514 e. The van der Waals surface area contributed by atoms with Crippen molar-refractivity contribution in [1.29, 1.82) is 0 Å². The highest BCUT2D eigenvalue weighted by Gasteiger charge is 2.52.